The predicted octanol–water partition coefficient (Wildman–Crippen LogP) is 3.03. The summed E-state index contributed by atoms with van der Waals surface area (Å²) in [7, 11) is 0. The average Bonchev–Trinajstić information content (AvgIpc) is 2.79. The fourth-order valence-corrected chi connectivity index (χ4v) is 3.77. The molecule has 1 aromatic heterocycles. The molecule has 1 aliphatic carbocycles. The van der Waals surface area contributed by atoms with Gasteiger partial charge in [0.1, 0.15) is 0 Å². The highest BCUT2D eigenvalue weighted by Crippen LogP contribution is 2.36. The van der Waals surface area contributed by atoms with Crippen molar-refractivity contribution in [2.24, 2.45) is 5.73 Å². The second kappa shape index (κ2) is 5.25. The largest absolute Gasteiger partial charge is 0.370 e. The van der Waals surface area contributed by atoms with Crippen LogP contribution in [0.15, 0.2) is 24.3 Å². The smallest absolute Gasteiger partial charge is 0.192 e. The molecule has 5 heteroatoms. The number of rotatable bonds is 2. The number of benzene rings is 1. The Morgan fingerprint density at radius 2 is 2.15 bits per heavy atom. The monoisotopic (exact) mass is 286 g/mol. The Bertz CT molecular complexity index is 630. The zero-order valence-corrected chi connectivity index (χ0v) is 12.3. The van der Waals surface area contributed by atoms with Crippen molar-refractivity contribution in [3.8, 4) is 0 Å². The van der Waals surface area contributed by atoms with Gasteiger partial charge in [-0.05, 0) is 37.7 Å². The lowest BCUT2D eigenvalue weighted by molar-refractivity contribution is 0.584. The highest BCUT2D eigenvalue weighted by atomic mass is 32.1. The maximum atomic E-state index is 7.27. The first-order valence-electron chi connectivity index (χ1n) is 6.78. The molecule has 0 unspecified atom stereocenters. The summed E-state index contributed by atoms with van der Waals surface area (Å²) in [6, 6.07) is 8.84. The number of hydrogen-bond acceptors (Lipinski definition) is 3. The number of aromatic nitrogens is 1. The molecule has 0 fully saturated rings. The van der Waals surface area contributed by atoms with Gasteiger partial charge in [-0.1, -0.05) is 29.8 Å². The molecule has 20 heavy (non-hydrogen) atoms. The van der Waals surface area contributed by atoms with E-state index in [4.69, 9.17) is 11.1 Å². The van der Waals surface area contributed by atoms with Gasteiger partial charge in [0.25, 0.3) is 0 Å². The zero-order chi connectivity index (χ0) is 14.1. The predicted molar refractivity (Wildman–Crippen MR) is 83.6 cm³/mol. The molecule has 0 spiro atoms. The van der Waals surface area contributed by atoms with Gasteiger partial charge in [0, 0.05) is 4.88 Å². The Balaban J connectivity index is 1.79. The minimum atomic E-state index is -0.0498. The van der Waals surface area contributed by atoms with Gasteiger partial charge in [-0.25, -0.2) is 4.98 Å². The second-order valence-corrected chi connectivity index (χ2v) is 6.36. The minimum Gasteiger partial charge on any atom is -0.370 e. The molecule has 0 radical (unpaired) electrons. The summed E-state index contributed by atoms with van der Waals surface area (Å²) in [5.74, 6) is 0.528. The van der Waals surface area contributed by atoms with Crippen LogP contribution < -0.4 is 11.1 Å². The lowest BCUT2D eigenvalue weighted by Crippen LogP contribution is -2.20. The third kappa shape index (κ3) is 2.67. The van der Waals surface area contributed by atoms with E-state index in [1.165, 1.54) is 21.7 Å². The summed E-state index contributed by atoms with van der Waals surface area (Å²) < 4.78 is 0. The van der Waals surface area contributed by atoms with Crippen LogP contribution in [0.25, 0.3) is 0 Å². The quantitative estimate of drug-likeness (QED) is 0.587. The molecule has 0 amide bonds. The number of nitrogens with zero attached hydrogens (tertiary/aromatic N) is 1. The highest BCUT2D eigenvalue weighted by Gasteiger charge is 2.23. The fraction of sp³-hybridized carbons (Fsp3) is 0.333. The van der Waals surface area contributed by atoms with E-state index in [-0.39, 0.29) is 5.96 Å². The van der Waals surface area contributed by atoms with Gasteiger partial charge >= 0.3 is 0 Å². The lowest BCUT2D eigenvalue weighted by Gasteiger charge is -2.21. The van der Waals surface area contributed by atoms with E-state index in [0.717, 1.165) is 24.4 Å². The van der Waals surface area contributed by atoms with Crippen molar-refractivity contribution >= 4 is 22.4 Å². The Morgan fingerprint density at radius 3 is 2.85 bits per heavy atom. The molecule has 1 aromatic carbocycles. The fourth-order valence-electron chi connectivity index (χ4n) is 2.67. The average molecular weight is 286 g/mol. The van der Waals surface area contributed by atoms with Crippen molar-refractivity contribution in [2.45, 2.75) is 32.1 Å². The third-order valence-electron chi connectivity index (χ3n) is 3.73. The molecule has 1 heterocycles. The van der Waals surface area contributed by atoms with Crippen LogP contribution in [-0.4, -0.2) is 10.9 Å². The van der Waals surface area contributed by atoms with E-state index in [2.05, 4.69) is 41.5 Å². The van der Waals surface area contributed by atoms with Crippen LogP contribution in [0.4, 0.5) is 5.13 Å². The van der Waals surface area contributed by atoms with Crippen LogP contribution in [0.1, 0.15) is 34.0 Å². The molecular formula is C15H18N4S. The van der Waals surface area contributed by atoms with Crippen LogP contribution in [0.3, 0.4) is 0 Å². The molecule has 3 rings (SSSR count). The van der Waals surface area contributed by atoms with Crippen LogP contribution in [0, 0.1) is 12.3 Å². The van der Waals surface area contributed by atoms with E-state index in [9.17, 15) is 0 Å². The van der Waals surface area contributed by atoms with Crippen molar-refractivity contribution < 1.29 is 0 Å². The van der Waals surface area contributed by atoms with Crippen LogP contribution >= 0.6 is 11.3 Å². The molecular weight excluding hydrogens is 268 g/mol. The molecule has 104 valence electrons. The summed E-state index contributed by atoms with van der Waals surface area (Å²) in [6.45, 7) is 2.12. The first kappa shape index (κ1) is 13.1. The zero-order valence-electron chi connectivity index (χ0n) is 11.4. The number of thiazole rings is 1. The van der Waals surface area contributed by atoms with Crippen molar-refractivity contribution in [1.29, 1.82) is 5.41 Å². The summed E-state index contributed by atoms with van der Waals surface area (Å²) >= 11 is 1.62. The Labute approximate surface area is 122 Å². The Kier molecular flexibility index (Phi) is 3.44. The normalized spacial score (nSPS) is 17.6. The molecule has 4 N–H and O–H groups in total. The van der Waals surface area contributed by atoms with Crippen molar-refractivity contribution in [3.63, 3.8) is 0 Å². The standard InChI is InChI=1S/C15H18N4S/c1-9-2-4-10(5-3-9)11-6-7-12-13(8-11)20-15(18-12)19-14(16)17/h2-5,11H,6-8H2,1H3,(H4,16,17,18,19)/t11-/m0/s1. The van der Waals surface area contributed by atoms with Gasteiger partial charge in [-0.2, -0.15) is 0 Å². The van der Waals surface area contributed by atoms with Crippen LogP contribution in [0.2, 0.25) is 0 Å². The molecule has 2 aromatic rings. The summed E-state index contributed by atoms with van der Waals surface area (Å²) in [6.07, 6.45) is 3.18. The minimum absolute atomic E-state index is 0.0498. The number of aryl methyl sites for hydroxylation is 2. The molecule has 1 atom stereocenters. The van der Waals surface area contributed by atoms with E-state index >= 15 is 0 Å². The summed E-state index contributed by atoms with van der Waals surface area (Å²) in [4.78, 5) is 5.84. The number of guanidine groups is 1. The van der Waals surface area contributed by atoms with Crippen molar-refractivity contribution in [1.82, 2.24) is 4.98 Å². The van der Waals surface area contributed by atoms with Gasteiger partial charge in [-0.15, -0.1) is 11.3 Å². The van der Waals surface area contributed by atoms with Gasteiger partial charge < -0.3 is 11.1 Å². The van der Waals surface area contributed by atoms with E-state index < -0.39 is 0 Å². The first-order chi connectivity index (χ1) is 9.61. The molecule has 0 bridgehead atoms. The van der Waals surface area contributed by atoms with Gasteiger partial charge in [0.05, 0.1) is 5.69 Å². The third-order valence-corrected chi connectivity index (χ3v) is 4.77. The lowest BCUT2D eigenvalue weighted by atomic mass is 9.85. The molecule has 1 aliphatic rings. The summed E-state index contributed by atoms with van der Waals surface area (Å²) in [5, 5.41) is 10.8. The maximum Gasteiger partial charge on any atom is 0.192 e. The number of nitrogens with two attached hydrogens (primary N) is 1. The molecule has 0 saturated carbocycles. The maximum absolute atomic E-state index is 7.27. The second-order valence-electron chi connectivity index (χ2n) is 5.28. The first-order valence-corrected chi connectivity index (χ1v) is 7.59. The van der Waals surface area contributed by atoms with Gasteiger partial charge in [0.15, 0.2) is 11.1 Å². The van der Waals surface area contributed by atoms with E-state index in [0.29, 0.717) is 5.92 Å². The van der Waals surface area contributed by atoms with Gasteiger partial charge in [0.2, 0.25) is 0 Å². The number of hydrogen-bond donors (Lipinski definition) is 3. The number of nitrogens with one attached hydrogen (secondary N) is 2. The van der Waals surface area contributed by atoms with E-state index in [1.54, 1.807) is 11.3 Å². The highest BCUT2D eigenvalue weighted by molar-refractivity contribution is 7.15. The van der Waals surface area contributed by atoms with E-state index in [1.807, 2.05) is 0 Å². The van der Waals surface area contributed by atoms with Crippen molar-refractivity contribution in [3.05, 3.63) is 46.0 Å². The number of anilines is 1. The van der Waals surface area contributed by atoms with Crippen LogP contribution in [-0.2, 0) is 12.8 Å². The Hall–Kier alpha value is -1.88. The molecule has 0 saturated heterocycles. The van der Waals surface area contributed by atoms with Crippen molar-refractivity contribution in [2.75, 3.05) is 5.32 Å². The topological polar surface area (TPSA) is 74.8 Å². The Morgan fingerprint density at radius 1 is 1.40 bits per heavy atom. The molecule has 4 nitrogen and oxygen atoms in total. The van der Waals surface area contributed by atoms with Crippen LogP contribution in [0.5, 0.6) is 0 Å². The van der Waals surface area contributed by atoms with Gasteiger partial charge in [-0.3, -0.25) is 5.41 Å². The number of fused-ring (bicyclic) bond motifs is 1. The summed E-state index contributed by atoms with van der Waals surface area (Å²) in [5.41, 5.74) is 9.24. The SMILES string of the molecule is Cc1ccc([C@H]2CCc3nc(NC(=N)N)sc3C2)cc1. The molecule has 0 aliphatic heterocycles.